The molecule has 4 aromatic rings. The van der Waals surface area contributed by atoms with Crippen LogP contribution in [0.2, 0.25) is 0 Å². The van der Waals surface area contributed by atoms with Crippen LogP contribution in [0.3, 0.4) is 0 Å². The minimum absolute atomic E-state index is 0.124. The molecule has 0 radical (unpaired) electrons. The first-order valence-electron chi connectivity index (χ1n) is 19.2. The summed E-state index contributed by atoms with van der Waals surface area (Å²) in [6.45, 7) is 10.7. The van der Waals surface area contributed by atoms with Crippen molar-refractivity contribution in [3.8, 4) is 34.5 Å². The van der Waals surface area contributed by atoms with Crippen molar-refractivity contribution in [1.82, 2.24) is 9.80 Å². The van der Waals surface area contributed by atoms with Crippen LogP contribution < -0.4 is 34.2 Å². The van der Waals surface area contributed by atoms with Crippen molar-refractivity contribution in [1.29, 1.82) is 0 Å². The summed E-state index contributed by atoms with van der Waals surface area (Å²) >= 11 is 0. The number of nitrogens with zero attached hydrogens (tertiary/aromatic N) is 2. The van der Waals surface area contributed by atoms with E-state index < -0.39 is 18.1 Å². The number of likely N-dealkylation sites (N-methyl/N-ethyl adjacent to an activating group) is 1. The summed E-state index contributed by atoms with van der Waals surface area (Å²) in [7, 11) is 7.86. The molecule has 7 rings (SSSR count). The van der Waals surface area contributed by atoms with Crippen LogP contribution >= 0.6 is 0 Å². The Kier molecular flexibility index (Phi) is 12.6. The molecule has 3 aliphatic heterocycles. The summed E-state index contributed by atoms with van der Waals surface area (Å²) in [6.07, 6.45) is 1.20. The van der Waals surface area contributed by atoms with Gasteiger partial charge in [-0.1, -0.05) is 60.2 Å². The van der Waals surface area contributed by atoms with Gasteiger partial charge >= 0.3 is 5.97 Å². The molecular weight excluding hydrogens is 698 g/mol. The van der Waals surface area contributed by atoms with Gasteiger partial charge in [-0.05, 0) is 91.0 Å². The molecule has 3 atom stereocenters. The molecule has 0 amide bonds. The summed E-state index contributed by atoms with van der Waals surface area (Å²) in [6, 6.07) is 21.4. The van der Waals surface area contributed by atoms with Gasteiger partial charge < -0.3 is 43.8 Å². The first kappa shape index (κ1) is 39.6. The van der Waals surface area contributed by atoms with Crippen LogP contribution in [0.4, 0.5) is 5.69 Å². The number of hydrogen-bond acceptors (Lipinski definition) is 11. The summed E-state index contributed by atoms with van der Waals surface area (Å²) in [5.41, 5.74) is 13.6. The number of carbonyl (C=O) groups is 1. The Labute approximate surface area is 325 Å². The SMILES string of the molecule is CCOc1c(N)c2c(c(OCC)c1OCC)C(C1c3c(cc4c(c3OC)OCO4)CCN1C)OC2=O.Cc1ccc(C(CCN(C)C)c2ccccc2)cc1. The van der Waals surface area contributed by atoms with Crippen molar-refractivity contribution in [2.45, 2.75) is 58.6 Å². The lowest BCUT2D eigenvalue weighted by atomic mass is 9.85. The zero-order chi connectivity index (χ0) is 39.2. The number of anilines is 1. The number of nitrogen functional groups attached to an aromatic ring is 1. The van der Waals surface area contributed by atoms with Gasteiger partial charge in [0.2, 0.25) is 18.3 Å². The second-order valence-electron chi connectivity index (χ2n) is 14.2. The van der Waals surface area contributed by atoms with E-state index >= 15 is 0 Å². The van der Waals surface area contributed by atoms with E-state index in [0.29, 0.717) is 60.0 Å². The maximum Gasteiger partial charge on any atom is 0.341 e. The molecule has 3 heterocycles. The third-order valence-corrected chi connectivity index (χ3v) is 10.3. The molecular formula is C44H55N3O8. The van der Waals surface area contributed by atoms with Gasteiger partial charge in [0.05, 0.1) is 49.8 Å². The van der Waals surface area contributed by atoms with Crippen molar-refractivity contribution in [2.24, 2.45) is 0 Å². The van der Waals surface area contributed by atoms with E-state index in [1.165, 1.54) is 16.7 Å². The molecule has 55 heavy (non-hydrogen) atoms. The lowest BCUT2D eigenvalue weighted by Crippen LogP contribution is -2.36. The fourth-order valence-corrected chi connectivity index (χ4v) is 7.76. The molecule has 294 valence electrons. The minimum Gasteiger partial charge on any atom is -0.492 e. The lowest BCUT2D eigenvalue weighted by molar-refractivity contribution is 0.00816. The van der Waals surface area contributed by atoms with Gasteiger partial charge in [0.1, 0.15) is 0 Å². The molecule has 11 heteroatoms. The molecule has 2 N–H and O–H groups in total. The van der Waals surface area contributed by atoms with Gasteiger partial charge in [-0.15, -0.1) is 0 Å². The second kappa shape index (κ2) is 17.6. The van der Waals surface area contributed by atoms with Crippen LogP contribution in [0.1, 0.15) is 89.0 Å². The van der Waals surface area contributed by atoms with Crippen molar-refractivity contribution in [2.75, 3.05) is 73.7 Å². The molecule has 11 nitrogen and oxygen atoms in total. The number of hydrogen-bond donors (Lipinski definition) is 1. The number of esters is 1. The van der Waals surface area contributed by atoms with Crippen molar-refractivity contribution in [3.05, 3.63) is 99.6 Å². The maximum absolute atomic E-state index is 13.3. The predicted octanol–water partition coefficient (Wildman–Crippen LogP) is 7.72. The minimum atomic E-state index is -0.732. The Morgan fingerprint density at radius 2 is 1.53 bits per heavy atom. The average molecular weight is 754 g/mol. The second-order valence-corrected chi connectivity index (χ2v) is 14.2. The number of nitrogens with two attached hydrogens (primary N) is 1. The first-order chi connectivity index (χ1) is 26.6. The Morgan fingerprint density at radius 1 is 0.873 bits per heavy atom. The van der Waals surface area contributed by atoms with E-state index in [1.54, 1.807) is 7.11 Å². The quantitative estimate of drug-likeness (QED) is 0.107. The normalized spacial score (nSPS) is 17.4. The van der Waals surface area contributed by atoms with Gasteiger partial charge in [0, 0.05) is 18.0 Å². The molecule has 0 aliphatic carbocycles. The average Bonchev–Trinajstić information content (AvgIpc) is 3.79. The van der Waals surface area contributed by atoms with Gasteiger partial charge in [-0.2, -0.15) is 0 Å². The number of cyclic esters (lactones) is 1. The van der Waals surface area contributed by atoms with Gasteiger partial charge in [-0.3, -0.25) is 4.90 Å². The topological polar surface area (TPSA) is 114 Å². The molecule has 0 spiro atoms. The van der Waals surface area contributed by atoms with Crippen molar-refractivity contribution < 1.29 is 38.0 Å². The Hall–Kier alpha value is -5.13. The molecule has 3 unspecified atom stereocenters. The fourth-order valence-electron chi connectivity index (χ4n) is 7.76. The summed E-state index contributed by atoms with van der Waals surface area (Å²) in [4.78, 5) is 17.7. The third-order valence-electron chi connectivity index (χ3n) is 10.3. The van der Waals surface area contributed by atoms with Crippen LogP contribution in [-0.2, 0) is 11.2 Å². The number of rotatable bonds is 13. The van der Waals surface area contributed by atoms with Crippen LogP contribution in [0.25, 0.3) is 0 Å². The summed E-state index contributed by atoms with van der Waals surface area (Å²) < 4.78 is 41.2. The summed E-state index contributed by atoms with van der Waals surface area (Å²) in [5.74, 6) is 2.80. The maximum atomic E-state index is 13.3. The van der Waals surface area contributed by atoms with E-state index in [-0.39, 0.29) is 23.8 Å². The molecule has 0 fully saturated rings. The van der Waals surface area contributed by atoms with Crippen LogP contribution in [0, 0.1) is 6.92 Å². The van der Waals surface area contributed by atoms with E-state index in [0.717, 1.165) is 37.1 Å². The number of carbonyl (C=O) groups excluding carboxylic acids is 1. The highest BCUT2D eigenvalue weighted by molar-refractivity contribution is 6.03. The highest BCUT2D eigenvalue weighted by atomic mass is 16.7. The Morgan fingerprint density at radius 3 is 2.18 bits per heavy atom. The highest BCUT2D eigenvalue weighted by Gasteiger charge is 2.49. The smallest absolute Gasteiger partial charge is 0.341 e. The van der Waals surface area contributed by atoms with E-state index in [9.17, 15) is 4.79 Å². The molecule has 0 saturated carbocycles. The van der Waals surface area contributed by atoms with E-state index in [1.807, 2.05) is 33.9 Å². The van der Waals surface area contributed by atoms with Crippen LogP contribution in [-0.4, -0.2) is 83.7 Å². The molecule has 3 aliphatic rings. The van der Waals surface area contributed by atoms with Crippen molar-refractivity contribution >= 4 is 11.7 Å². The Balaban J connectivity index is 0.000000228. The predicted molar refractivity (Wildman–Crippen MR) is 213 cm³/mol. The molecule has 0 saturated heterocycles. The highest BCUT2D eigenvalue weighted by Crippen LogP contribution is 2.59. The van der Waals surface area contributed by atoms with E-state index in [4.69, 9.17) is 38.9 Å². The van der Waals surface area contributed by atoms with Gasteiger partial charge in [0.15, 0.2) is 29.1 Å². The van der Waals surface area contributed by atoms with Crippen LogP contribution in [0.5, 0.6) is 34.5 Å². The first-order valence-corrected chi connectivity index (χ1v) is 19.2. The molecule has 0 bridgehead atoms. The number of benzene rings is 4. The summed E-state index contributed by atoms with van der Waals surface area (Å²) in [5, 5.41) is 0. The zero-order valence-corrected chi connectivity index (χ0v) is 33.4. The molecule has 4 aromatic carbocycles. The number of fused-ring (bicyclic) bond motifs is 3. The number of aryl methyl sites for hydroxylation is 1. The van der Waals surface area contributed by atoms with Gasteiger partial charge in [-0.25, -0.2) is 4.79 Å². The molecule has 0 aromatic heterocycles. The standard InChI is InChI=1S/C26H32N2O8.C18H23N/c1-6-31-23-17-16(18(27)24(32-7-2)25(23)33-8-3)26(29)36-21(17)19-15-13(9-10-28(19)4)11-14-20(22(15)30-5)35-12-34-14;1-15-9-11-17(12-10-15)18(13-14-19(2)3)16-7-5-4-6-8-16/h11,19,21H,6-10,12,27H2,1-5H3;4-12,18H,13-14H2,1-3H3. The largest absolute Gasteiger partial charge is 0.492 e. The van der Waals surface area contributed by atoms with Crippen LogP contribution in [0.15, 0.2) is 60.7 Å². The zero-order valence-electron chi connectivity index (χ0n) is 33.4. The van der Waals surface area contributed by atoms with Crippen molar-refractivity contribution in [3.63, 3.8) is 0 Å². The number of ether oxygens (including phenoxy) is 7. The number of methoxy groups -OCH3 is 1. The third kappa shape index (κ3) is 8.00. The monoisotopic (exact) mass is 753 g/mol. The van der Waals surface area contributed by atoms with Gasteiger partial charge in [0.25, 0.3) is 0 Å². The Bertz CT molecular complexity index is 1950. The van der Waals surface area contributed by atoms with E-state index in [2.05, 4.69) is 85.4 Å². The lowest BCUT2D eigenvalue weighted by Gasteiger charge is -2.38. The fraction of sp³-hybridized carbons (Fsp3) is 0.432.